The Morgan fingerprint density at radius 2 is 1.92 bits per heavy atom. The van der Waals surface area contributed by atoms with Gasteiger partial charge in [-0.3, -0.25) is 9.59 Å². The Labute approximate surface area is 151 Å². The maximum atomic E-state index is 13.5. The molecule has 26 heavy (non-hydrogen) atoms. The molecule has 7 heteroatoms. The number of benzene rings is 1. The van der Waals surface area contributed by atoms with Crippen molar-refractivity contribution < 1.29 is 18.7 Å². The van der Waals surface area contributed by atoms with Crippen LogP contribution in [-0.2, 0) is 11.2 Å². The Hall–Kier alpha value is -2.83. The lowest BCUT2D eigenvalue weighted by Gasteiger charge is -2.22. The molecule has 1 aliphatic heterocycles. The van der Waals surface area contributed by atoms with Gasteiger partial charge in [0.15, 0.2) is 0 Å². The highest BCUT2D eigenvalue weighted by Crippen LogP contribution is 2.21. The van der Waals surface area contributed by atoms with Gasteiger partial charge in [0.2, 0.25) is 5.91 Å². The summed E-state index contributed by atoms with van der Waals surface area (Å²) in [5.41, 5.74) is 1.15. The number of aromatic amines is 1. The first kappa shape index (κ1) is 18.0. The molecule has 0 saturated carbocycles. The summed E-state index contributed by atoms with van der Waals surface area (Å²) >= 11 is 0. The van der Waals surface area contributed by atoms with Crippen molar-refractivity contribution in [2.75, 3.05) is 33.3 Å². The summed E-state index contributed by atoms with van der Waals surface area (Å²) < 4.78 is 18.7. The number of carbonyl (C=O) groups is 2. The Morgan fingerprint density at radius 1 is 1.15 bits per heavy atom. The van der Waals surface area contributed by atoms with Crippen molar-refractivity contribution in [3.63, 3.8) is 0 Å². The summed E-state index contributed by atoms with van der Waals surface area (Å²) in [7, 11) is 1.50. The number of aromatic nitrogens is 1. The minimum absolute atomic E-state index is 0.0349. The van der Waals surface area contributed by atoms with Crippen molar-refractivity contribution >= 4 is 11.8 Å². The van der Waals surface area contributed by atoms with E-state index < -0.39 is 5.82 Å². The van der Waals surface area contributed by atoms with E-state index in [-0.39, 0.29) is 18.2 Å². The molecule has 1 aliphatic rings. The minimum atomic E-state index is -0.396. The number of halogens is 1. The first-order valence-electron chi connectivity index (χ1n) is 8.60. The summed E-state index contributed by atoms with van der Waals surface area (Å²) in [6.07, 6.45) is 4.18. The zero-order valence-electron chi connectivity index (χ0n) is 14.7. The van der Waals surface area contributed by atoms with Gasteiger partial charge in [0, 0.05) is 44.1 Å². The molecule has 3 rings (SSSR count). The number of rotatable bonds is 4. The Bertz CT molecular complexity index is 776. The second kappa shape index (κ2) is 8.03. The van der Waals surface area contributed by atoms with E-state index in [4.69, 9.17) is 4.74 Å². The van der Waals surface area contributed by atoms with Crippen LogP contribution >= 0.6 is 0 Å². The van der Waals surface area contributed by atoms with Crippen LogP contribution in [0.25, 0.3) is 0 Å². The number of ether oxygens (including phenoxy) is 1. The van der Waals surface area contributed by atoms with Crippen molar-refractivity contribution in [3.8, 4) is 5.75 Å². The molecule has 0 atom stereocenters. The van der Waals surface area contributed by atoms with Crippen LogP contribution in [0.3, 0.4) is 0 Å². The standard InChI is InChI=1S/C19H22FN3O3/c1-26-17-4-3-16(20)11-15(17)12-18(24)22-7-2-8-23(10-9-22)19(25)14-5-6-21-13-14/h3-6,11,13,21H,2,7-10,12H2,1H3. The first-order valence-corrected chi connectivity index (χ1v) is 8.60. The van der Waals surface area contributed by atoms with Crippen molar-refractivity contribution in [1.29, 1.82) is 0 Å². The number of hydrogen-bond acceptors (Lipinski definition) is 3. The van der Waals surface area contributed by atoms with Crippen molar-refractivity contribution in [2.45, 2.75) is 12.8 Å². The first-order chi connectivity index (χ1) is 12.6. The van der Waals surface area contributed by atoms with E-state index in [1.54, 1.807) is 28.3 Å². The Balaban J connectivity index is 1.63. The molecule has 1 N–H and O–H groups in total. The maximum absolute atomic E-state index is 13.5. The molecule has 2 aromatic rings. The van der Waals surface area contributed by atoms with E-state index in [1.807, 2.05) is 0 Å². The quantitative estimate of drug-likeness (QED) is 0.909. The number of methoxy groups -OCH3 is 1. The number of nitrogens with zero attached hydrogens (tertiary/aromatic N) is 2. The molecule has 0 spiro atoms. The van der Waals surface area contributed by atoms with Crippen LogP contribution in [0.1, 0.15) is 22.3 Å². The van der Waals surface area contributed by atoms with Crippen molar-refractivity contribution in [3.05, 3.63) is 53.6 Å². The number of amides is 2. The second-order valence-electron chi connectivity index (χ2n) is 6.26. The third-order valence-electron chi connectivity index (χ3n) is 4.56. The predicted molar refractivity (Wildman–Crippen MR) is 94.5 cm³/mol. The molecule has 1 aromatic heterocycles. The zero-order chi connectivity index (χ0) is 18.5. The van der Waals surface area contributed by atoms with Crippen LogP contribution in [0.15, 0.2) is 36.7 Å². The van der Waals surface area contributed by atoms with Crippen LogP contribution in [0.2, 0.25) is 0 Å². The highest BCUT2D eigenvalue weighted by atomic mass is 19.1. The third kappa shape index (κ3) is 4.04. The average molecular weight is 359 g/mol. The molecule has 2 amide bonds. The second-order valence-corrected chi connectivity index (χ2v) is 6.26. The lowest BCUT2D eigenvalue weighted by molar-refractivity contribution is -0.130. The fraction of sp³-hybridized carbons (Fsp3) is 0.368. The average Bonchev–Trinajstić information content (AvgIpc) is 3.05. The van der Waals surface area contributed by atoms with Crippen LogP contribution in [-0.4, -0.2) is 59.9 Å². The lowest BCUT2D eigenvalue weighted by atomic mass is 10.1. The monoisotopic (exact) mass is 359 g/mol. The summed E-state index contributed by atoms with van der Waals surface area (Å²) in [4.78, 5) is 31.5. The van der Waals surface area contributed by atoms with Crippen molar-refractivity contribution in [2.24, 2.45) is 0 Å². The largest absolute Gasteiger partial charge is 0.496 e. The third-order valence-corrected chi connectivity index (χ3v) is 4.56. The number of hydrogen-bond donors (Lipinski definition) is 1. The molecular formula is C19H22FN3O3. The summed E-state index contributed by atoms with van der Waals surface area (Å²) in [6, 6.07) is 5.91. The summed E-state index contributed by atoms with van der Waals surface area (Å²) in [5.74, 6) is -0.0243. The highest BCUT2D eigenvalue weighted by molar-refractivity contribution is 5.94. The molecule has 0 unspecified atom stereocenters. The molecule has 1 fully saturated rings. The van der Waals surface area contributed by atoms with Crippen LogP contribution in [0.4, 0.5) is 4.39 Å². The van der Waals surface area contributed by atoms with Gasteiger partial charge in [0.1, 0.15) is 11.6 Å². The van der Waals surface area contributed by atoms with Gasteiger partial charge in [-0.2, -0.15) is 0 Å². The molecule has 1 saturated heterocycles. The molecule has 0 bridgehead atoms. The molecule has 0 aliphatic carbocycles. The van der Waals surface area contributed by atoms with Gasteiger partial charge in [-0.05, 0) is 30.7 Å². The highest BCUT2D eigenvalue weighted by Gasteiger charge is 2.23. The molecule has 1 aromatic carbocycles. The minimum Gasteiger partial charge on any atom is -0.496 e. The molecule has 138 valence electrons. The summed E-state index contributed by atoms with van der Waals surface area (Å²) in [6.45, 7) is 2.13. The number of H-pyrrole nitrogens is 1. The molecular weight excluding hydrogens is 337 g/mol. The van der Waals surface area contributed by atoms with E-state index >= 15 is 0 Å². The molecule has 2 heterocycles. The van der Waals surface area contributed by atoms with E-state index in [9.17, 15) is 14.0 Å². The van der Waals surface area contributed by atoms with E-state index in [1.165, 1.54) is 25.3 Å². The van der Waals surface area contributed by atoms with E-state index in [2.05, 4.69) is 4.98 Å². The van der Waals surface area contributed by atoms with Gasteiger partial charge < -0.3 is 19.5 Å². The molecule has 0 radical (unpaired) electrons. The van der Waals surface area contributed by atoms with Crippen LogP contribution < -0.4 is 4.74 Å². The van der Waals surface area contributed by atoms with Crippen LogP contribution in [0.5, 0.6) is 5.75 Å². The van der Waals surface area contributed by atoms with Gasteiger partial charge in [0.05, 0.1) is 19.1 Å². The lowest BCUT2D eigenvalue weighted by Crippen LogP contribution is -2.38. The normalized spacial score (nSPS) is 14.8. The van der Waals surface area contributed by atoms with Gasteiger partial charge >= 0.3 is 0 Å². The van der Waals surface area contributed by atoms with Gasteiger partial charge in [0.25, 0.3) is 5.91 Å². The smallest absolute Gasteiger partial charge is 0.255 e. The predicted octanol–water partition coefficient (Wildman–Crippen LogP) is 2.08. The van der Waals surface area contributed by atoms with E-state index in [0.717, 1.165) is 0 Å². The van der Waals surface area contributed by atoms with E-state index in [0.29, 0.717) is 49.5 Å². The number of carbonyl (C=O) groups excluding carboxylic acids is 2. The summed E-state index contributed by atoms with van der Waals surface area (Å²) in [5, 5.41) is 0. The number of nitrogens with one attached hydrogen (secondary N) is 1. The Morgan fingerprint density at radius 3 is 2.65 bits per heavy atom. The fourth-order valence-corrected chi connectivity index (χ4v) is 3.17. The van der Waals surface area contributed by atoms with Gasteiger partial charge in [-0.1, -0.05) is 0 Å². The van der Waals surface area contributed by atoms with Gasteiger partial charge in [-0.15, -0.1) is 0 Å². The van der Waals surface area contributed by atoms with Crippen LogP contribution in [0, 0.1) is 5.82 Å². The topological polar surface area (TPSA) is 65.6 Å². The fourth-order valence-electron chi connectivity index (χ4n) is 3.17. The Kier molecular flexibility index (Phi) is 5.55. The van der Waals surface area contributed by atoms with Gasteiger partial charge in [-0.25, -0.2) is 4.39 Å². The zero-order valence-corrected chi connectivity index (χ0v) is 14.7. The van der Waals surface area contributed by atoms with Crippen molar-refractivity contribution in [1.82, 2.24) is 14.8 Å². The SMILES string of the molecule is COc1ccc(F)cc1CC(=O)N1CCCN(C(=O)c2cc[nH]c2)CC1. The molecule has 6 nitrogen and oxygen atoms in total. The maximum Gasteiger partial charge on any atom is 0.255 e.